The van der Waals surface area contributed by atoms with Crippen molar-refractivity contribution in [2.45, 2.75) is 32.7 Å². The molecule has 0 unspecified atom stereocenters. The monoisotopic (exact) mass is 339 g/mol. The summed E-state index contributed by atoms with van der Waals surface area (Å²) >= 11 is 0. The molecule has 5 nitrogen and oxygen atoms in total. The Bertz CT molecular complexity index is 519. The molecule has 23 heavy (non-hydrogen) atoms. The zero-order valence-corrected chi connectivity index (χ0v) is 14.6. The molecule has 1 aliphatic heterocycles. The summed E-state index contributed by atoms with van der Waals surface area (Å²) in [6.07, 6.45) is 1.11. The summed E-state index contributed by atoms with van der Waals surface area (Å²) in [4.78, 5) is 25.8. The van der Waals surface area contributed by atoms with Crippen LogP contribution >= 0.6 is 12.4 Å². The van der Waals surface area contributed by atoms with Gasteiger partial charge in [-0.15, -0.1) is 12.4 Å². The minimum absolute atomic E-state index is 0. The van der Waals surface area contributed by atoms with Crippen molar-refractivity contribution in [2.24, 2.45) is 0 Å². The van der Waals surface area contributed by atoms with Crippen molar-refractivity contribution >= 4 is 24.2 Å². The van der Waals surface area contributed by atoms with Crippen LogP contribution in [0.2, 0.25) is 0 Å². The van der Waals surface area contributed by atoms with E-state index in [-0.39, 0.29) is 36.8 Å². The highest BCUT2D eigenvalue weighted by atomic mass is 35.5. The Morgan fingerprint density at radius 1 is 1.30 bits per heavy atom. The van der Waals surface area contributed by atoms with E-state index >= 15 is 0 Å². The number of carbonyl (C=O) groups is 2. The van der Waals surface area contributed by atoms with Gasteiger partial charge in [-0.25, -0.2) is 0 Å². The van der Waals surface area contributed by atoms with Gasteiger partial charge in [-0.3, -0.25) is 9.59 Å². The zero-order chi connectivity index (χ0) is 15.9. The molecule has 2 rings (SSSR count). The van der Waals surface area contributed by atoms with Gasteiger partial charge in [0.25, 0.3) is 0 Å². The fraction of sp³-hybridized carbons (Fsp3) is 0.529. The highest BCUT2D eigenvalue weighted by molar-refractivity contribution is 5.85. The molecule has 1 atom stereocenters. The summed E-state index contributed by atoms with van der Waals surface area (Å²) in [6, 6.07) is 8.35. The summed E-state index contributed by atoms with van der Waals surface area (Å²) in [5.41, 5.74) is 2.35. The van der Waals surface area contributed by atoms with E-state index in [0.29, 0.717) is 19.4 Å². The number of nitrogens with one attached hydrogen (secondary N) is 2. The van der Waals surface area contributed by atoms with E-state index in [9.17, 15) is 9.59 Å². The number of benzene rings is 1. The second kappa shape index (κ2) is 9.53. The molecule has 2 amide bonds. The van der Waals surface area contributed by atoms with Gasteiger partial charge in [0.15, 0.2) is 0 Å². The van der Waals surface area contributed by atoms with E-state index in [1.807, 2.05) is 43.0 Å². The molecule has 0 bridgehead atoms. The zero-order valence-electron chi connectivity index (χ0n) is 13.8. The maximum Gasteiger partial charge on any atom is 0.242 e. The number of rotatable bonds is 5. The Labute approximate surface area is 144 Å². The van der Waals surface area contributed by atoms with Crippen molar-refractivity contribution in [3.05, 3.63) is 35.4 Å². The molecule has 1 heterocycles. The molecule has 1 aliphatic rings. The number of carbonyl (C=O) groups excluding carboxylic acids is 2. The number of amides is 2. The van der Waals surface area contributed by atoms with E-state index < -0.39 is 0 Å². The maximum absolute atomic E-state index is 12.1. The molecule has 1 saturated heterocycles. The first-order valence-corrected chi connectivity index (χ1v) is 7.88. The Hall–Kier alpha value is -1.59. The number of piperazine rings is 1. The average molecular weight is 340 g/mol. The molecule has 128 valence electrons. The SMILES string of the molecule is Cc1ccc(CCC(=O)NCC(=O)N2CCNC[C@@H]2C)cc1.Cl. The van der Waals surface area contributed by atoms with Crippen molar-refractivity contribution in [2.75, 3.05) is 26.2 Å². The number of halogens is 1. The topological polar surface area (TPSA) is 61.4 Å². The van der Waals surface area contributed by atoms with Crippen LogP contribution in [0.15, 0.2) is 24.3 Å². The lowest BCUT2D eigenvalue weighted by Gasteiger charge is -2.34. The number of hydrogen-bond acceptors (Lipinski definition) is 3. The van der Waals surface area contributed by atoms with Crippen molar-refractivity contribution in [1.29, 1.82) is 0 Å². The Kier molecular flexibility index (Phi) is 8.06. The van der Waals surface area contributed by atoms with E-state index in [1.165, 1.54) is 5.56 Å². The third-order valence-electron chi connectivity index (χ3n) is 4.02. The van der Waals surface area contributed by atoms with E-state index in [1.54, 1.807) is 0 Å². The molecule has 1 fully saturated rings. The summed E-state index contributed by atoms with van der Waals surface area (Å²) in [6.45, 7) is 6.49. The lowest BCUT2D eigenvalue weighted by molar-refractivity contribution is -0.135. The third-order valence-corrected chi connectivity index (χ3v) is 4.02. The van der Waals surface area contributed by atoms with Gasteiger partial charge >= 0.3 is 0 Å². The van der Waals surface area contributed by atoms with E-state index in [2.05, 4.69) is 10.6 Å². The van der Waals surface area contributed by atoms with Crippen LogP contribution in [0.3, 0.4) is 0 Å². The van der Waals surface area contributed by atoms with Gasteiger partial charge in [-0.05, 0) is 25.8 Å². The lowest BCUT2D eigenvalue weighted by Crippen LogP contribution is -2.54. The highest BCUT2D eigenvalue weighted by Crippen LogP contribution is 2.06. The van der Waals surface area contributed by atoms with Crippen LogP contribution in [0.25, 0.3) is 0 Å². The van der Waals surface area contributed by atoms with Gasteiger partial charge in [0.05, 0.1) is 6.54 Å². The van der Waals surface area contributed by atoms with Gasteiger partial charge in [0.1, 0.15) is 0 Å². The van der Waals surface area contributed by atoms with Gasteiger partial charge in [-0.2, -0.15) is 0 Å². The van der Waals surface area contributed by atoms with Crippen LogP contribution in [-0.4, -0.2) is 48.9 Å². The first-order valence-electron chi connectivity index (χ1n) is 7.88. The molecule has 6 heteroatoms. The van der Waals surface area contributed by atoms with Gasteiger partial charge in [0.2, 0.25) is 11.8 Å². The molecule has 0 aromatic heterocycles. The molecular formula is C17H26ClN3O2. The van der Waals surface area contributed by atoms with Crippen LogP contribution in [0.4, 0.5) is 0 Å². The molecule has 2 N–H and O–H groups in total. The third kappa shape index (κ3) is 6.20. The number of aryl methyl sites for hydroxylation is 2. The molecule has 0 spiro atoms. The van der Waals surface area contributed by atoms with Crippen LogP contribution in [0.5, 0.6) is 0 Å². The van der Waals surface area contributed by atoms with Gasteiger partial charge < -0.3 is 15.5 Å². The van der Waals surface area contributed by atoms with Crippen LogP contribution in [0.1, 0.15) is 24.5 Å². The summed E-state index contributed by atoms with van der Waals surface area (Å²) in [5.74, 6) is -0.0746. The van der Waals surface area contributed by atoms with Crippen LogP contribution < -0.4 is 10.6 Å². The predicted octanol–water partition coefficient (Wildman–Crippen LogP) is 1.29. The van der Waals surface area contributed by atoms with Crippen molar-refractivity contribution < 1.29 is 9.59 Å². The van der Waals surface area contributed by atoms with Gasteiger partial charge in [0, 0.05) is 32.1 Å². The molecule has 1 aromatic rings. The number of nitrogens with zero attached hydrogens (tertiary/aromatic N) is 1. The molecule has 1 aromatic carbocycles. The van der Waals surface area contributed by atoms with E-state index in [0.717, 1.165) is 18.7 Å². The minimum atomic E-state index is -0.0725. The molecule has 0 aliphatic carbocycles. The van der Waals surface area contributed by atoms with E-state index in [4.69, 9.17) is 0 Å². The Balaban J connectivity index is 0.00000264. The first kappa shape index (κ1) is 19.5. The maximum atomic E-state index is 12.1. The number of hydrogen-bond donors (Lipinski definition) is 2. The highest BCUT2D eigenvalue weighted by Gasteiger charge is 2.22. The minimum Gasteiger partial charge on any atom is -0.347 e. The smallest absolute Gasteiger partial charge is 0.242 e. The first-order chi connectivity index (χ1) is 10.6. The Morgan fingerprint density at radius 2 is 2.00 bits per heavy atom. The Morgan fingerprint density at radius 3 is 2.65 bits per heavy atom. The molecule has 0 saturated carbocycles. The summed E-state index contributed by atoms with van der Waals surface area (Å²) < 4.78 is 0. The van der Waals surface area contributed by atoms with Crippen molar-refractivity contribution in [3.8, 4) is 0 Å². The van der Waals surface area contributed by atoms with Gasteiger partial charge in [-0.1, -0.05) is 29.8 Å². The standard InChI is InChI=1S/C17H25N3O2.ClH/c1-13-3-5-15(6-4-13)7-8-16(21)19-12-17(22)20-10-9-18-11-14(20)2;/h3-6,14,18H,7-12H2,1-2H3,(H,19,21);1H/t14-;/m0./s1. The fourth-order valence-electron chi connectivity index (χ4n) is 2.59. The van der Waals surface area contributed by atoms with Crippen LogP contribution in [-0.2, 0) is 16.0 Å². The average Bonchev–Trinajstić information content (AvgIpc) is 2.52. The predicted molar refractivity (Wildman–Crippen MR) is 93.8 cm³/mol. The van der Waals surface area contributed by atoms with Crippen molar-refractivity contribution in [1.82, 2.24) is 15.5 Å². The van der Waals surface area contributed by atoms with Crippen LogP contribution in [0, 0.1) is 6.92 Å². The summed E-state index contributed by atoms with van der Waals surface area (Å²) in [7, 11) is 0. The molecular weight excluding hydrogens is 314 g/mol. The lowest BCUT2D eigenvalue weighted by atomic mass is 10.1. The molecule has 0 radical (unpaired) electrons. The fourth-order valence-corrected chi connectivity index (χ4v) is 2.59. The normalized spacial score (nSPS) is 17.3. The second-order valence-corrected chi connectivity index (χ2v) is 5.90. The van der Waals surface area contributed by atoms with Crippen molar-refractivity contribution in [3.63, 3.8) is 0 Å². The quantitative estimate of drug-likeness (QED) is 0.849. The largest absolute Gasteiger partial charge is 0.347 e. The summed E-state index contributed by atoms with van der Waals surface area (Å²) in [5, 5.41) is 5.98. The second-order valence-electron chi connectivity index (χ2n) is 5.90.